The van der Waals surface area contributed by atoms with Crippen molar-refractivity contribution in [3.05, 3.63) is 59.7 Å². The number of nitrogens with one attached hydrogen (secondary N) is 1. The van der Waals surface area contributed by atoms with E-state index in [-0.39, 0.29) is 0 Å². The molecular weight excluding hydrogens is 316 g/mol. The maximum atomic E-state index is 5.69. The molecule has 3 nitrogen and oxygen atoms in total. The average molecular weight is 340 g/mol. The summed E-state index contributed by atoms with van der Waals surface area (Å²) in [4.78, 5) is 2.23. The van der Waals surface area contributed by atoms with Gasteiger partial charge >= 0.3 is 0 Å². The molecule has 0 radical (unpaired) electrons. The molecule has 1 N–H and O–H groups in total. The quantitative estimate of drug-likeness (QED) is 0.634. The lowest BCUT2D eigenvalue weighted by Gasteiger charge is -2.31. The molecule has 0 saturated heterocycles. The topological polar surface area (TPSA) is 24.5 Å². The van der Waals surface area contributed by atoms with Crippen molar-refractivity contribution in [2.75, 3.05) is 18.5 Å². The Kier molecular flexibility index (Phi) is 5.70. The summed E-state index contributed by atoms with van der Waals surface area (Å²) < 4.78 is 5.69. The highest BCUT2D eigenvalue weighted by Gasteiger charge is 2.17. The zero-order valence-corrected chi connectivity index (χ0v) is 14.9. The van der Waals surface area contributed by atoms with E-state index in [1.807, 2.05) is 24.3 Å². The molecule has 0 atom stereocenters. The summed E-state index contributed by atoms with van der Waals surface area (Å²) >= 11 is 5.59. The lowest BCUT2D eigenvalue weighted by atomic mass is 10.0. The second kappa shape index (κ2) is 8.15. The summed E-state index contributed by atoms with van der Waals surface area (Å²) in [6.45, 7) is 4.77. The molecule has 4 heteroatoms. The van der Waals surface area contributed by atoms with Crippen LogP contribution in [0.4, 0.5) is 5.69 Å². The zero-order chi connectivity index (χ0) is 16.8. The van der Waals surface area contributed by atoms with Crippen LogP contribution in [0, 0.1) is 0 Å². The third-order valence-corrected chi connectivity index (χ3v) is 4.65. The Labute approximate surface area is 149 Å². The Morgan fingerprint density at radius 3 is 2.62 bits per heavy atom. The van der Waals surface area contributed by atoms with Crippen LogP contribution in [0.15, 0.2) is 48.5 Å². The van der Waals surface area contributed by atoms with Crippen molar-refractivity contribution in [3.8, 4) is 5.75 Å². The van der Waals surface area contributed by atoms with Crippen molar-refractivity contribution in [1.82, 2.24) is 4.90 Å². The number of thiocarbonyl (C=S) groups is 1. The van der Waals surface area contributed by atoms with Crippen LogP contribution in [-0.2, 0) is 13.0 Å². The molecule has 1 aliphatic rings. The predicted molar refractivity (Wildman–Crippen MR) is 104 cm³/mol. The molecule has 3 rings (SSSR count). The Morgan fingerprint density at radius 1 is 1.12 bits per heavy atom. The fourth-order valence-electron chi connectivity index (χ4n) is 2.84. The van der Waals surface area contributed by atoms with Crippen LogP contribution < -0.4 is 10.1 Å². The van der Waals surface area contributed by atoms with E-state index in [9.17, 15) is 0 Å². The highest BCUT2D eigenvalue weighted by atomic mass is 32.1. The summed E-state index contributed by atoms with van der Waals surface area (Å²) in [5.41, 5.74) is 3.81. The van der Waals surface area contributed by atoms with Crippen LogP contribution in [0.5, 0.6) is 5.75 Å². The van der Waals surface area contributed by atoms with E-state index >= 15 is 0 Å². The summed E-state index contributed by atoms with van der Waals surface area (Å²) in [5.74, 6) is 0.909. The third kappa shape index (κ3) is 4.26. The molecule has 0 unspecified atom stereocenters. The van der Waals surface area contributed by atoms with E-state index in [1.54, 1.807) is 0 Å². The number of hydrogen-bond donors (Lipinski definition) is 1. The number of nitrogens with zero attached hydrogens (tertiary/aromatic N) is 1. The maximum absolute atomic E-state index is 5.69. The van der Waals surface area contributed by atoms with Crippen molar-refractivity contribution in [2.24, 2.45) is 0 Å². The second-order valence-electron chi connectivity index (χ2n) is 6.10. The first-order chi connectivity index (χ1) is 11.8. The third-order valence-electron chi connectivity index (χ3n) is 4.29. The molecule has 0 amide bonds. The Balaban J connectivity index is 1.55. The number of rotatable bonds is 5. The van der Waals surface area contributed by atoms with Crippen LogP contribution >= 0.6 is 12.2 Å². The largest absolute Gasteiger partial charge is 0.494 e. The summed E-state index contributed by atoms with van der Waals surface area (Å²) in [6.07, 6.45) is 3.27. The van der Waals surface area contributed by atoms with E-state index in [0.717, 1.165) is 55.5 Å². The summed E-state index contributed by atoms with van der Waals surface area (Å²) in [6, 6.07) is 16.6. The molecule has 0 spiro atoms. The first-order valence-corrected chi connectivity index (χ1v) is 9.02. The molecule has 0 saturated carbocycles. The lowest BCUT2D eigenvalue weighted by Crippen LogP contribution is -2.38. The van der Waals surface area contributed by atoms with Crippen LogP contribution in [0.3, 0.4) is 0 Å². The average Bonchev–Trinajstić information content (AvgIpc) is 2.63. The molecular formula is C20H24N2OS. The van der Waals surface area contributed by atoms with Gasteiger partial charge in [0, 0.05) is 18.8 Å². The van der Waals surface area contributed by atoms with Crippen LogP contribution in [0.2, 0.25) is 0 Å². The molecule has 0 aliphatic carbocycles. The normalized spacial score (nSPS) is 13.3. The van der Waals surface area contributed by atoms with Gasteiger partial charge < -0.3 is 15.0 Å². The molecule has 1 heterocycles. The van der Waals surface area contributed by atoms with E-state index in [4.69, 9.17) is 17.0 Å². The molecule has 0 aromatic heterocycles. The minimum absolute atomic E-state index is 0.773. The minimum atomic E-state index is 0.773. The Hall–Kier alpha value is -2.07. The maximum Gasteiger partial charge on any atom is 0.173 e. The number of hydrogen-bond acceptors (Lipinski definition) is 2. The van der Waals surface area contributed by atoms with Crippen molar-refractivity contribution in [2.45, 2.75) is 32.7 Å². The number of benzene rings is 2. The molecule has 0 fully saturated rings. The van der Waals surface area contributed by atoms with Crippen LogP contribution in [0.1, 0.15) is 30.9 Å². The Bertz CT molecular complexity index is 684. The minimum Gasteiger partial charge on any atom is -0.494 e. The van der Waals surface area contributed by atoms with Gasteiger partial charge in [-0.1, -0.05) is 37.6 Å². The van der Waals surface area contributed by atoms with Gasteiger partial charge in [0.1, 0.15) is 5.75 Å². The van der Waals surface area contributed by atoms with E-state index in [2.05, 4.69) is 41.4 Å². The fraction of sp³-hybridized carbons (Fsp3) is 0.350. The molecule has 24 heavy (non-hydrogen) atoms. The number of fused-ring (bicyclic) bond motifs is 1. The van der Waals surface area contributed by atoms with Crippen molar-refractivity contribution < 1.29 is 4.74 Å². The second-order valence-corrected chi connectivity index (χ2v) is 6.48. The Morgan fingerprint density at radius 2 is 1.88 bits per heavy atom. The first-order valence-electron chi connectivity index (χ1n) is 8.62. The lowest BCUT2D eigenvalue weighted by molar-refractivity contribution is 0.309. The first kappa shape index (κ1) is 16.8. The van der Waals surface area contributed by atoms with Gasteiger partial charge in [-0.15, -0.1) is 0 Å². The van der Waals surface area contributed by atoms with Gasteiger partial charge in [0.05, 0.1) is 6.61 Å². The number of anilines is 1. The summed E-state index contributed by atoms with van der Waals surface area (Å²) in [7, 11) is 0. The van der Waals surface area contributed by atoms with Gasteiger partial charge in [0.2, 0.25) is 0 Å². The molecule has 1 aliphatic heterocycles. The molecule has 0 bridgehead atoms. The smallest absolute Gasteiger partial charge is 0.173 e. The highest BCUT2D eigenvalue weighted by Crippen LogP contribution is 2.21. The van der Waals surface area contributed by atoms with E-state index in [1.165, 1.54) is 11.1 Å². The summed E-state index contributed by atoms with van der Waals surface area (Å²) in [5, 5.41) is 4.12. The van der Waals surface area contributed by atoms with Crippen LogP contribution in [0.25, 0.3) is 0 Å². The SMILES string of the molecule is CCCCOc1ccc(NC(=S)N2CCc3ccccc3C2)cc1. The standard InChI is InChI=1S/C20H24N2OS/c1-2-3-14-23-19-10-8-18(9-11-19)21-20(24)22-13-12-16-6-4-5-7-17(16)15-22/h4-11H,2-3,12-15H2,1H3,(H,21,24). The van der Waals surface area contributed by atoms with Gasteiger partial charge in [-0.05, 0) is 60.5 Å². The molecule has 126 valence electrons. The van der Waals surface area contributed by atoms with Crippen molar-refractivity contribution in [3.63, 3.8) is 0 Å². The monoisotopic (exact) mass is 340 g/mol. The van der Waals surface area contributed by atoms with Gasteiger partial charge in [-0.2, -0.15) is 0 Å². The predicted octanol–water partition coefficient (Wildman–Crippen LogP) is 4.62. The molecule has 2 aromatic rings. The van der Waals surface area contributed by atoms with Crippen LogP contribution in [-0.4, -0.2) is 23.2 Å². The van der Waals surface area contributed by atoms with Gasteiger partial charge in [0.15, 0.2) is 5.11 Å². The van der Waals surface area contributed by atoms with Gasteiger partial charge in [0.25, 0.3) is 0 Å². The van der Waals surface area contributed by atoms with E-state index in [0.29, 0.717) is 0 Å². The van der Waals surface area contributed by atoms with Gasteiger partial charge in [-0.3, -0.25) is 0 Å². The number of ether oxygens (including phenoxy) is 1. The number of unbranched alkanes of at least 4 members (excludes halogenated alkanes) is 1. The van der Waals surface area contributed by atoms with Crippen molar-refractivity contribution >= 4 is 23.0 Å². The van der Waals surface area contributed by atoms with E-state index < -0.39 is 0 Å². The highest BCUT2D eigenvalue weighted by molar-refractivity contribution is 7.80. The molecule has 2 aromatic carbocycles. The zero-order valence-electron chi connectivity index (χ0n) is 14.1. The van der Waals surface area contributed by atoms with Crippen molar-refractivity contribution in [1.29, 1.82) is 0 Å². The van der Waals surface area contributed by atoms with Gasteiger partial charge in [-0.25, -0.2) is 0 Å². The fourth-order valence-corrected chi connectivity index (χ4v) is 3.11.